The van der Waals surface area contributed by atoms with E-state index >= 15 is 0 Å². The zero-order chi connectivity index (χ0) is 10.6. The van der Waals surface area contributed by atoms with Crippen molar-refractivity contribution in [3.8, 4) is 0 Å². The number of thiol groups is 1. The average Bonchev–Trinajstić information content (AvgIpc) is 2.63. The molecule has 0 aromatic heterocycles. The molecule has 80 valence electrons. The standard InChI is InChI=1S/C9H15NO3S/c11-7(12)5-10-8(13)9(6-14)3-1-2-4-9/h14H,1-6H2,(H,10,13)(H,11,12). The van der Waals surface area contributed by atoms with E-state index in [-0.39, 0.29) is 12.5 Å². The highest BCUT2D eigenvalue weighted by Gasteiger charge is 2.39. The predicted octanol–water partition coefficient (Wildman–Crippen LogP) is 0.677. The van der Waals surface area contributed by atoms with Crippen LogP contribution in [0.5, 0.6) is 0 Å². The van der Waals surface area contributed by atoms with E-state index in [1.807, 2.05) is 0 Å². The van der Waals surface area contributed by atoms with Crippen molar-refractivity contribution in [3.63, 3.8) is 0 Å². The molecule has 0 heterocycles. The SMILES string of the molecule is O=C(O)CNC(=O)C1(CS)CCCC1. The maximum Gasteiger partial charge on any atom is 0.322 e. The molecule has 0 aliphatic heterocycles. The van der Waals surface area contributed by atoms with Gasteiger partial charge in [0.1, 0.15) is 6.54 Å². The van der Waals surface area contributed by atoms with Crippen LogP contribution in [0, 0.1) is 5.41 Å². The fraction of sp³-hybridized carbons (Fsp3) is 0.778. The fourth-order valence-electron chi connectivity index (χ4n) is 1.85. The predicted molar refractivity (Wildman–Crippen MR) is 55.4 cm³/mol. The second kappa shape index (κ2) is 4.68. The second-order valence-corrected chi connectivity index (χ2v) is 4.04. The molecule has 0 unspecified atom stereocenters. The summed E-state index contributed by atoms with van der Waals surface area (Å²) in [7, 11) is 0. The fourth-order valence-corrected chi connectivity index (χ4v) is 2.31. The first-order valence-corrected chi connectivity index (χ1v) is 5.35. The Kier molecular flexibility index (Phi) is 3.80. The molecule has 0 aromatic carbocycles. The number of carbonyl (C=O) groups excluding carboxylic acids is 1. The third-order valence-corrected chi connectivity index (χ3v) is 3.35. The minimum absolute atomic E-state index is 0.160. The van der Waals surface area contributed by atoms with Crippen molar-refractivity contribution in [1.29, 1.82) is 0 Å². The molecule has 14 heavy (non-hydrogen) atoms. The molecule has 0 bridgehead atoms. The van der Waals surface area contributed by atoms with Crippen molar-refractivity contribution < 1.29 is 14.7 Å². The second-order valence-electron chi connectivity index (χ2n) is 3.72. The number of nitrogens with one attached hydrogen (secondary N) is 1. The first-order chi connectivity index (χ1) is 6.60. The Morgan fingerprint density at radius 2 is 1.93 bits per heavy atom. The number of hydrogen-bond acceptors (Lipinski definition) is 3. The summed E-state index contributed by atoms with van der Waals surface area (Å²) in [4.78, 5) is 22.0. The summed E-state index contributed by atoms with van der Waals surface area (Å²) in [6, 6.07) is 0. The zero-order valence-corrected chi connectivity index (χ0v) is 8.85. The van der Waals surface area contributed by atoms with Crippen LogP contribution in [0.3, 0.4) is 0 Å². The third kappa shape index (κ3) is 2.41. The largest absolute Gasteiger partial charge is 0.480 e. The summed E-state index contributed by atoms with van der Waals surface area (Å²) < 4.78 is 0. The van der Waals surface area contributed by atoms with Crippen LogP contribution in [0.25, 0.3) is 0 Å². The first kappa shape index (κ1) is 11.4. The van der Waals surface area contributed by atoms with Crippen LogP contribution in [-0.2, 0) is 9.59 Å². The number of amides is 1. The van der Waals surface area contributed by atoms with E-state index in [0.717, 1.165) is 25.7 Å². The van der Waals surface area contributed by atoms with E-state index in [4.69, 9.17) is 5.11 Å². The van der Waals surface area contributed by atoms with Crippen LogP contribution in [-0.4, -0.2) is 29.3 Å². The van der Waals surface area contributed by atoms with Gasteiger partial charge in [0.15, 0.2) is 0 Å². The molecule has 0 radical (unpaired) electrons. The van der Waals surface area contributed by atoms with Gasteiger partial charge >= 0.3 is 5.97 Å². The monoisotopic (exact) mass is 217 g/mol. The van der Waals surface area contributed by atoms with E-state index in [0.29, 0.717) is 5.75 Å². The van der Waals surface area contributed by atoms with Crippen molar-refractivity contribution >= 4 is 24.5 Å². The lowest BCUT2D eigenvalue weighted by atomic mass is 9.87. The number of aliphatic carboxylic acids is 1. The number of carboxylic acids is 1. The van der Waals surface area contributed by atoms with E-state index in [2.05, 4.69) is 17.9 Å². The molecule has 2 N–H and O–H groups in total. The van der Waals surface area contributed by atoms with Crippen LogP contribution in [0.2, 0.25) is 0 Å². The van der Waals surface area contributed by atoms with Crippen molar-refractivity contribution in [2.24, 2.45) is 5.41 Å². The van der Waals surface area contributed by atoms with Crippen LogP contribution >= 0.6 is 12.6 Å². The van der Waals surface area contributed by atoms with Gasteiger partial charge in [-0.05, 0) is 12.8 Å². The molecule has 1 rings (SSSR count). The number of carbonyl (C=O) groups is 2. The maximum absolute atomic E-state index is 11.7. The van der Waals surface area contributed by atoms with Crippen LogP contribution < -0.4 is 5.32 Å². The molecule has 0 aromatic rings. The van der Waals surface area contributed by atoms with Gasteiger partial charge in [0, 0.05) is 5.75 Å². The van der Waals surface area contributed by atoms with Gasteiger partial charge in [-0.3, -0.25) is 9.59 Å². The lowest BCUT2D eigenvalue weighted by molar-refractivity contribution is -0.139. The van der Waals surface area contributed by atoms with Gasteiger partial charge in [0.05, 0.1) is 5.41 Å². The Labute approximate surface area is 88.5 Å². The Morgan fingerprint density at radius 3 is 2.36 bits per heavy atom. The Morgan fingerprint density at radius 1 is 1.36 bits per heavy atom. The highest BCUT2D eigenvalue weighted by Crippen LogP contribution is 2.39. The number of rotatable bonds is 4. The molecule has 0 spiro atoms. The van der Waals surface area contributed by atoms with Crippen molar-refractivity contribution in [2.45, 2.75) is 25.7 Å². The van der Waals surface area contributed by atoms with Crippen molar-refractivity contribution in [1.82, 2.24) is 5.32 Å². The van der Waals surface area contributed by atoms with Gasteiger partial charge in [-0.1, -0.05) is 12.8 Å². The minimum atomic E-state index is -1.01. The lowest BCUT2D eigenvalue weighted by Crippen LogP contribution is -2.42. The molecule has 5 heteroatoms. The summed E-state index contributed by atoms with van der Waals surface area (Å²) in [6.45, 7) is -0.297. The van der Waals surface area contributed by atoms with Gasteiger partial charge in [-0.15, -0.1) is 0 Å². The topological polar surface area (TPSA) is 66.4 Å². The number of hydrogen-bond donors (Lipinski definition) is 3. The van der Waals surface area contributed by atoms with Crippen molar-refractivity contribution in [3.05, 3.63) is 0 Å². The molecule has 0 saturated heterocycles. The Hall–Kier alpha value is -0.710. The van der Waals surface area contributed by atoms with Crippen molar-refractivity contribution in [2.75, 3.05) is 12.3 Å². The molecular weight excluding hydrogens is 202 g/mol. The summed E-state index contributed by atoms with van der Waals surface area (Å²) in [5.41, 5.74) is -0.418. The summed E-state index contributed by atoms with van der Waals surface area (Å²) in [5.74, 6) is -0.670. The molecule has 4 nitrogen and oxygen atoms in total. The first-order valence-electron chi connectivity index (χ1n) is 4.72. The Balaban J connectivity index is 2.52. The normalized spacial score (nSPS) is 19.2. The van der Waals surface area contributed by atoms with Crippen LogP contribution in [0.15, 0.2) is 0 Å². The van der Waals surface area contributed by atoms with E-state index in [1.165, 1.54) is 0 Å². The smallest absolute Gasteiger partial charge is 0.322 e. The van der Waals surface area contributed by atoms with Crippen LogP contribution in [0.1, 0.15) is 25.7 Å². The van der Waals surface area contributed by atoms with Gasteiger partial charge in [0.25, 0.3) is 0 Å². The van der Waals surface area contributed by atoms with Gasteiger partial charge < -0.3 is 10.4 Å². The molecular formula is C9H15NO3S. The minimum Gasteiger partial charge on any atom is -0.480 e. The zero-order valence-electron chi connectivity index (χ0n) is 7.95. The van der Waals surface area contributed by atoms with E-state index in [1.54, 1.807) is 0 Å². The molecule has 1 amide bonds. The average molecular weight is 217 g/mol. The van der Waals surface area contributed by atoms with Gasteiger partial charge in [0.2, 0.25) is 5.91 Å². The highest BCUT2D eigenvalue weighted by atomic mass is 32.1. The summed E-state index contributed by atoms with van der Waals surface area (Å²) in [6.07, 6.45) is 3.70. The highest BCUT2D eigenvalue weighted by molar-refractivity contribution is 7.80. The quantitative estimate of drug-likeness (QED) is 0.607. The molecule has 1 fully saturated rings. The summed E-state index contributed by atoms with van der Waals surface area (Å²) in [5, 5.41) is 10.9. The lowest BCUT2D eigenvalue weighted by Gasteiger charge is -2.24. The molecule has 1 aliphatic rings. The molecule has 1 saturated carbocycles. The summed E-state index contributed by atoms with van der Waals surface area (Å²) >= 11 is 4.18. The third-order valence-electron chi connectivity index (χ3n) is 2.75. The Bertz CT molecular complexity index is 236. The molecule has 0 atom stereocenters. The maximum atomic E-state index is 11.7. The van der Waals surface area contributed by atoms with Gasteiger partial charge in [-0.2, -0.15) is 12.6 Å². The van der Waals surface area contributed by atoms with E-state index < -0.39 is 11.4 Å². The number of carboxylic acid groups (broad SMARTS) is 1. The van der Waals surface area contributed by atoms with E-state index in [9.17, 15) is 9.59 Å². The molecule has 1 aliphatic carbocycles. The van der Waals surface area contributed by atoms with Crippen LogP contribution in [0.4, 0.5) is 0 Å². The van der Waals surface area contributed by atoms with Gasteiger partial charge in [-0.25, -0.2) is 0 Å².